The second kappa shape index (κ2) is 9.58. The number of carbonyl (C=O) groups excluding carboxylic acids is 1. The fourth-order valence-electron chi connectivity index (χ4n) is 4.41. The molecule has 1 aliphatic rings. The van der Waals surface area contributed by atoms with E-state index in [4.69, 9.17) is 0 Å². The lowest BCUT2D eigenvalue weighted by Gasteiger charge is -2.32. The minimum Gasteiger partial charge on any atom is -0.381 e. The third-order valence-corrected chi connectivity index (χ3v) is 5.90. The van der Waals surface area contributed by atoms with Crippen LogP contribution in [0.25, 0.3) is 22.0 Å². The predicted octanol–water partition coefficient (Wildman–Crippen LogP) is 4.78. The lowest BCUT2D eigenvalue weighted by Crippen LogP contribution is -2.31. The van der Waals surface area contributed by atoms with Crippen molar-refractivity contribution in [1.82, 2.24) is 20.1 Å². The quantitative estimate of drug-likeness (QED) is 0.553. The maximum atomic E-state index is 12.3. The van der Waals surface area contributed by atoms with Gasteiger partial charge in [-0.1, -0.05) is 6.07 Å². The molecule has 0 spiro atoms. The van der Waals surface area contributed by atoms with Crippen LogP contribution in [0, 0.1) is 5.92 Å². The van der Waals surface area contributed by atoms with Crippen LogP contribution in [0.15, 0.2) is 36.8 Å². The fraction of sp³-hybridized carbons (Fsp3) is 0.435. The zero-order valence-corrected chi connectivity index (χ0v) is 18.6. The van der Waals surface area contributed by atoms with E-state index in [-0.39, 0.29) is 18.2 Å². The molecule has 0 bridgehead atoms. The van der Waals surface area contributed by atoms with Gasteiger partial charge in [0.25, 0.3) is 0 Å². The molecule has 6 nitrogen and oxygen atoms in total. The van der Waals surface area contributed by atoms with Crippen molar-refractivity contribution in [2.45, 2.75) is 38.6 Å². The van der Waals surface area contributed by atoms with Crippen molar-refractivity contribution in [3.8, 4) is 11.1 Å². The molecule has 1 saturated carbocycles. The van der Waals surface area contributed by atoms with Crippen LogP contribution in [0.1, 0.15) is 43.0 Å². The Morgan fingerprint density at radius 2 is 1.93 bits per heavy atom. The third kappa shape index (κ3) is 4.82. The highest BCUT2D eigenvalue weighted by Crippen LogP contribution is 2.34. The summed E-state index contributed by atoms with van der Waals surface area (Å²) in [6.07, 6.45) is 10.1. The summed E-state index contributed by atoms with van der Waals surface area (Å²) in [5.41, 5.74) is 4.56. The topological polar surface area (TPSA) is 73.9 Å². The van der Waals surface area contributed by atoms with E-state index in [0.29, 0.717) is 11.6 Å². The highest BCUT2D eigenvalue weighted by atomic mass is 35.5. The van der Waals surface area contributed by atoms with E-state index in [1.165, 1.54) is 12.8 Å². The van der Waals surface area contributed by atoms with E-state index in [9.17, 15) is 4.79 Å². The van der Waals surface area contributed by atoms with Crippen molar-refractivity contribution in [3.63, 3.8) is 0 Å². The number of rotatable bonds is 6. The molecule has 1 aliphatic carbocycles. The first-order valence-corrected chi connectivity index (χ1v) is 10.4. The van der Waals surface area contributed by atoms with Gasteiger partial charge in [-0.25, -0.2) is 0 Å². The summed E-state index contributed by atoms with van der Waals surface area (Å²) >= 11 is 0. The molecule has 30 heavy (non-hydrogen) atoms. The molecule has 4 rings (SSSR count). The lowest BCUT2D eigenvalue weighted by atomic mass is 9.85. The van der Waals surface area contributed by atoms with Gasteiger partial charge in [0.2, 0.25) is 0 Å². The van der Waals surface area contributed by atoms with Gasteiger partial charge >= 0.3 is 0 Å². The summed E-state index contributed by atoms with van der Waals surface area (Å²) in [5.74, 6) is 0.800. The minimum atomic E-state index is 0. The van der Waals surface area contributed by atoms with Crippen LogP contribution in [-0.4, -0.2) is 52.5 Å². The Morgan fingerprint density at radius 1 is 1.17 bits per heavy atom. The molecule has 0 unspecified atom stereocenters. The number of carbonyl (C=O) groups is 1. The molecule has 160 valence electrons. The zero-order valence-electron chi connectivity index (χ0n) is 17.8. The Hall–Kier alpha value is -2.44. The van der Waals surface area contributed by atoms with E-state index in [1.807, 2.05) is 24.5 Å². The third-order valence-electron chi connectivity index (χ3n) is 5.90. The van der Waals surface area contributed by atoms with E-state index in [0.717, 1.165) is 53.0 Å². The van der Waals surface area contributed by atoms with Gasteiger partial charge in [-0.15, -0.1) is 12.4 Å². The monoisotopic (exact) mass is 427 g/mol. The van der Waals surface area contributed by atoms with Crippen LogP contribution < -0.4 is 5.32 Å². The number of nitrogens with zero attached hydrogens (tertiary/aromatic N) is 3. The smallest absolute Gasteiger partial charge is 0.163 e. The molecule has 2 N–H and O–H groups in total. The van der Waals surface area contributed by atoms with Gasteiger partial charge in [0.1, 0.15) is 0 Å². The number of anilines is 1. The molecule has 0 saturated heterocycles. The van der Waals surface area contributed by atoms with E-state index in [2.05, 4.69) is 45.6 Å². The maximum Gasteiger partial charge on any atom is 0.163 e. The number of hydrogen-bond acceptors (Lipinski definition) is 5. The van der Waals surface area contributed by atoms with Gasteiger partial charge in [0.05, 0.1) is 23.0 Å². The molecule has 0 radical (unpaired) electrons. The number of halogens is 1. The Labute approximate surface area is 183 Å². The number of aromatic nitrogens is 3. The molecule has 0 amide bonds. The highest BCUT2D eigenvalue weighted by molar-refractivity contribution is 6.07. The average molecular weight is 428 g/mol. The van der Waals surface area contributed by atoms with Crippen LogP contribution in [-0.2, 0) is 0 Å². The first kappa shape index (κ1) is 22.2. The highest BCUT2D eigenvalue weighted by Gasteiger charge is 2.23. The molecular formula is C23H30ClN5O. The number of H-pyrrole nitrogens is 1. The van der Waals surface area contributed by atoms with Crippen LogP contribution in [0.4, 0.5) is 5.69 Å². The average Bonchev–Trinajstić information content (AvgIpc) is 3.23. The maximum absolute atomic E-state index is 12.3. The number of pyridine rings is 1. The SMILES string of the molecule is CC(=O)c1cnc2ccc(-c3cn[nH]c3)cc2c1NC1CCC(CN(C)C)CC1.Cl. The zero-order chi connectivity index (χ0) is 20.4. The number of aromatic amines is 1. The Bertz CT molecular complexity index is 994. The Morgan fingerprint density at radius 3 is 2.57 bits per heavy atom. The molecule has 7 heteroatoms. The van der Waals surface area contributed by atoms with E-state index >= 15 is 0 Å². The Kier molecular flexibility index (Phi) is 7.10. The fourth-order valence-corrected chi connectivity index (χ4v) is 4.41. The molecule has 2 heterocycles. The van der Waals surface area contributed by atoms with Gasteiger partial charge in [0, 0.05) is 35.9 Å². The van der Waals surface area contributed by atoms with Crippen molar-refractivity contribution in [1.29, 1.82) is 0 Å². The van der Waals surface area contributed by atoms with Crippen molar-refractivity contribution in [3.05, 3.63) is 42.4 Å². The van der Waals surface area contributed by atoms with Crippen LogP contribution in [0.5, 0.6) is 0 Å². The predicted molar refractivity (Wildman–Crippen MR) is 124 cm³/mol. The van der Waals surface area contributed by atoms with E-state index < -0.39 is 0 Å². The van der Waals surface area contributed by atoms with E-state index in [1.54, 1.807) is 13.1 Å². The number of ketones is 1. The summed E-state index contributed by atoms with van der Waals surface area (Å²) in [5, 5.41) is 11.6. The number of nitrogens with one attached hydrogen (secondary N) is 2. The van der Waals surface area contributed by atoms with Gasteiger partial charge < -0.3 is 10.2 Å². The standard InChI is InChI=1S/C23H29N5O.ClH/c1-15(29)21-13-24-22-9-6-17(18-11-25-26-12-18)10-20(22)23(21)27-19-7-4-16(5-8-19)14-28(2)3;/h6,9-13,16,19H,4-5,7-8,14H2,1-3H3,(H,24,27)(H,25,26);1H. The van der Waals surface area contributed by atoms with Crippen LogP contribution >= 0.6 is 12.4 Å². The summed E-state index contributed by atoms with van der Waals surface area (Å²) in [6.45, 7) is 2.76. The summed E-state index contributed by atoms with van der Waals surface area (Å²) < 4.78 is 0. The number of Topliss-reactive ketones (excluding diaryl/α,β-unsaturated/α-hetero) is 1. The molecule has 1 aromatic carbocycles. The van der Waals surface area contributed by atoms with Crippen molar-refractivity contribution >= 4 is 34.8 Å². The van der Waals surface area contributed by atoms with Crippen molar-refractivity contribution < 1.29 is 4.79 Å². The van der Waals surface area contributed by atoms with Crippen molar-refractivity contribution in [2.24, 2.45) is 5.92 Å². The Balaban J connectivity index is 0.00000256. The first-order chi connectivity index (χ1) is 14.0. The normalized spacial score (nSPS) is 18.9. The number of fused-ring (bicyclic) bond motifs is 1. The van der Waals surface area contributed by atoms with Crippen molar-refractivity contribution in [2.75, 3.05) is 26.0 Å². The van der Waals surface area contributed by atoms with Gasteiger partial charge in [-0.05, 0) is 70.3 Å². The number of hydrogen-bond donors (Lipinski definition) is 2. The molecule has 2 aromatic heterocycles. The molecule has 3 aromatic rings. The summed E-state index contributed by atoms with van der Waals surface area (Å²) in [7, 11) is 4.29. The van der Waals surface area contributed by atoms with Crippen LogP contribution in [0.2, 0.25) is 0 Å². The second-order valence-electron chi connectivity index (χ2n) is 8.45. The molecular weight excluding hydrogens is 398 g/mol. The van der Waals surface area contributed by atoms with Gasteiger partial charge in [-0.3, -0.25) is 14.9 Å². The van der Waals surface area contributed by atoms with Crippen LogP contribution in [0.3, 0.4) is 0 Å². The summed E-state index contributed by atoms with van der Waals surface area (Å²) in [4.78, 5) is 19.1. The summed E-state index contributed by atoms with van der Waals surface area (Å²) in [6, 6.07) is 6.55. The minimum absolute atomic E-state index is 0. The van der Waals surface area contributed by atoms with Gasteiger partial charge in [0.15, 0.2) is 5.78 Å². The molecule has 0 atom stereocenters. The molecule has 1 fully saturated rings. The number of benzene rings is 1. The molecule has 0 aliphatic heterocycles. The van der Waals surface area contributed by atoms with Gasteiger partial charge in [-0.2, -0.15) is 5.10 Å². The lowest BCUT2D eigenvalue weighted by molar-refractivity contribution is 0.101. The first-order valence-electron chi connectivity index (χ1n) is 10.4. The largest absolute Gasteiger partial charge is 0.381 e. The second-order valence-corrected chi connectivity index (χ2v) is 8.45.